The fraction of sp³-hybridized carbons (Fsp3) is 0.438. The summed E-state index contributed by atoms with van der Waals surface area (Å²) in [5.74, 6) is -1.47. The van der Waals surface area contributed by atoms with Gasteiger partial charge in [-0.2, -0.15) is 0 Å². The maximum atomic E-state index is 12.9. The molecule has 1 aromatic carbocycles. The van der Waals surface area contributed by atoms with Crippen LogP contribution in [0.25, 0.3) is 0 Å². The number of rotatable bonds is 5. The molecule has 0 aromatic heterocycles. The van der Waals surface area contributed by atoms with Gasteiger partial charge in [0.25, 0.3) is 5.91 Å². The molecule has 130 valence electrons. The summed E-state index contributed by atoms with van der Waals surface area (Å²) in [7, 11) is 0. The molecule has 0 aliphatic carbocycles. The van der Waals surface area contributed by atoms with E-state index in [0.29, 0.717) is 44.7 Å². The summed E-state index contributed by atoms with van der Waals surface area (Å²) in [5, 5.41) is 11.2. The number of nitrogens with one attached hydrogen (secondary N) is 1. The molecule has 24 heavy (non-hydrogen) atoms. The van der Waals surface area contributed by atoms with Crippen molar-refractivity contribution < 1.29 is 23.9 Å². The van der Waals surface area contributed by atoms with Crippen molar-refractivity contribution in [2.75, 3.05) is 32.7 Å². The molecule has 3 amide bonds. The minimum Gasteiger partial charge on any atom is -0.481 e. The summed E-state index contributed by atoms with van der Waals surface area (Å²) in [6.07, 6.45) is 0.393. The van der Waals surface area contributed by atoms with Crippen LogP contribution >= 0.6 is 0 Å². The lowest BCUT2D eigenvalue weighted by Crippen LogP contribution is -2.53. The average molecular weight is 337 g/mol. The number of carboxylic acid groups (broad SMARTS) is 1. The molecule has 1 fully saturated rings. The first-order valence-corrected chi connectivity index (χ1v) is 7.77. The van der Waals surface area contributed by atoms with Crippen molar-refractivity contribution in [1.29, 1.82) is 0 Å². The molecule has 7 nitrogen and oxygen atoms in total. The summed E-state index contributed by atoms with van der Waals surface area (Å²) in [6, 6.07) is 5.12. The zero-order valence-corrected chi connectivity index (χ0v) is 13.2. The van der Waals surface area contributed by atoms with E-state index < -0.39 is 11.8 Å². The molecular weight excluding hydrogens is 317 g/mol. The molecule has 2 N–H and O–H groups in total. The van der Waals surface area contributed by atoms with E-state index in [0.717, 1.165) is 0 Å². The zero-order valence-electron chi connectivity index (χ0n) is 13.2. The van der Waals surface area contributed by atoms with E-state index in [-0.39, 0.29) is 18.4 Å². The van der Waals surface area contributed by atoms with Gasteiger partial charge in [-0.25, -0.2) is 9.18 Å². The molecule has 0 atom stereocenters. The molecular formula is C16H20FN3O4. The van der Waals surface area contributed by atoms with Gasteiger partial charge in [-0.15, -0.1) is 0 Å². The Balaban J connectivity index is 1.76. The average Bonchev–Trinajstić information content (AvgIpc) is 2.58. The predicted molar refractivity (Wildman–Crippen MR) is 84.1 cm³/mol. The number of carboxylic acids is 1. The van der Waals surface area contributed by atoms with E-state index in [2.05, 4.69) is 5.32 Å². The lowest BCUT2D eigenvalue weighted by molar-refractivity contribution is -0.137. The highest BCUT2D eigenvalue weighted by Gasteiger charge is 2.24. The number of benzene rings is 1. The van der Waals surface area contributed by atoms with Crippen LogP contribution in [-0.2, 0) is 4.79 Å². The van der Waals surface area contributed by atoms with Gasteiger partial charge >= 0.3 is 12.0 Å². The van der Waals surface area contributed by atoms with Crippen LogP contribution < -0.4 is 5.32 Å². The van der Waals surface area contributed by atoms with Crippen molar-refractivity contribution in [2.24, 2.45) is 0 Å². The lowest BCUT2D eigenvalue weighted by atomic mass is 10.2. The first-order chi connectivity index (χ1) is 11.5. The number of amides is 3. The number of halogens is 1. The fourth-order valence-corrected chi connectivity index (χ4v) is 2.43. The van der Waals surface area contributed by atoms with Gasteiger partial charge < -0.3 is 20.2 Å². The monoisotopic (exact) mass is 337 g/mol. The maximum Gasteiger partial charge on any atom is 0.317 e. The van der Waals surface area contributed by atoms with Gasteiger partial charge in [0, 0.05) is 44.7 Å². The van der Waals surface area contributed by atoms with Crippen molar-refractivity contribution in [3.8, 4) is 0 Å². The quantitative estimate of drug-likeness (QED) is 0.789. The second kappa shape index (κ2) is 8.28. The van der Waals surface area contributed by atoms with Crippen LogP contribution in [0.1, 0.15) is 23.2 Å². The molecule has 1 aromatic rings. The van der Waals surface area contributed by atoms with Crippen LogP contribution in [0, 0.1) is 5.82 Å². The smallest absolute Gasteiger partial charge is 0.317 e. The number of nitrogens with zero attached hydrogens (tertiary/aromatic N) is 2. The van der Waals surface area contributed by atoms with Gasteiger partial charge in [0.05, 0.1) is 0 Å². The normalized spacial score (nSPS) is 14.4. The third-order valence-electron chi connectivity index (χ3n) is 3.79. The molecule has 0 saturated carbocycles. The first-order valence-electron chi connectivity index (χ1n) is 7.77. The van der Waals surface area contributed by atoms with E-state index in [4.69, 9.17) is 5.11 Å². The highest BCUT2D eigenvalue weighted by atomic mass is 19.1. The Morgan fingerprint density at radius 3 is 2.21 bits per heavy atom. The van der Waals surface area contributed by atoms with Crippen molar-refractivity contribution in [1.82, 2.24) is 15.1 Å². The summed E-state index contributed by atoms with van der Waals surface area (Å²) >= 11 is 0. The van der Waals surface area contributed by atoms with Crippen molar-refractivity contribution in [2.45, 2.75) is 12.8 Å². The molecule has 1 saturated heterocycles. The summed E-state index contributed by atoms with van der Waals surface area (Å²) < 4.78 is 12.9. The van der Waals surface area contributed by atoms with Crippen LogP contribution in [0.4, 0.5) is 9.18 Å². The molecule has 0 radical (unpaired) electrons. The standard InChI is InChI=1S/C16H20FN3O4/c17-13-5-3-12(4-6-13)15(23)19-8-10-20(11-9-19)16(24)18-7-1-2-14(21)22/h3-6H,1-2,7-11H2,(H,18,24)(H,21,22). The first kappa shape index (κ1) is 17.7. The Morgan fingerprint density at radius 1 is 1.04 bits per heavy atom. The summed E-state index contributed by atoms with van der Waals surface area (Å²) in [5.41, 5.74) is 0.419. The van der Waals surface area contributed by atoms with Gasteiger partial charge in [-0.3, -0.25) is 9.59 Å². The van der Waals surface area contributed by atoms with E-state index in [1.807, 2.05) is 0 Å². The van der Waals surface area contributed by atoms with Gasteiger partial charge in [0.1, 0.15) is 5.82 Å². The molecule has 1 aliphatic heterocycles. The predicted octanol–water partition coefficient (Wildman–Crippen LogP) is 1.16. The number of carbonyl (C=O) groups excluding carboxylic acids is 2. The Morgan fingerprint density at radius 2 is 1.62 bits per heavy atom. The number of hydrogen-bond donors (Lipinski definition) is 2. The maximum absolute atomic E-state index is 12.9. The van der Waals surface area contributed by atoms with Crippen LogP contribution in [0.15, 0.2) is 24.3 Å². The minimum atomic E-state index is -0.892. The number of aliphatic carboxylic acids is 1. The fourth-order valence-electron chi connectivity index (χ4n) is 2.43. The van der Waals surface area contributed by atoms with E-state index in [1.165, 1.54) is 24.3 Å². The van der Waals surface area contributed by atoms with Crippen LogP contribution in [-0.4, -0.2) is 65.5 Å². The van der Waals surface area contributed by atoms with E-state index in [9.17, 15) is 18.8 Å². The Kier molecular flexibility index (Phi) is 6.11. The van der Waals surface area contributed by atoms with Gasteiger partial charge in [0.2, 0.25) is 0 Å². The third kappa shape index (κ3) is 4.94. The van der Waals surface area contributed by atoms with Crippen LogP contribution in [0.2, 0.25) is 0 Å². The van der Waals surface area contributed by atoms with Crippen molar-refractivity contribution in [3.05, 3.63) is 35.6 Å². The van der Waals surface area contributed by atoms with E-state index >= 15 is 0 Å². The third-order valence-corrected chi connectivity index (χ3v) is 3.79. The molecule has 0 bridgehead atoms. The van der Waals surface area contributed by atoms with E-state index in [1.54, 1.807) is 9.80 Å². The van der Waals surface area contributed by atoms with Crippen LogP contribution in [0.3, 0.4) is 0 Å². The van der Waals surface area contributed by atoms with Gasteiger partial charge in [0.15, 0.2) is 0 Å². The van der Waals surface area contributed by atoms with Crippen molar-refractivity contribution >= 4 is 17.9 Å². The molecule has 0 spiro atoms. The Hall–Kier alpha value is -2.64. The highest BCUT2D eigenvalue weighted by molar-refractivity contribution is 5.94. The van der Waals surface area contributed by atoms with Crippen molar-refractivity contribution in [3.63, 3.8) is 0 Å². The number of hydrogen-bond acceptors (Lipinski definition) is 3. The van der Waals surface area contributed by atoms with Crippen LogP contribution in [0.5, 0.6) is 0 Å². The largest absolute Gasteiger partial charge is 0.481 e. The number of urea groups is 1. The molecule has 1 aliphatic rings. The molecule has 0 unspecified atom stereocenters. The number of piperazine rings is 1. The second-order valence-corrected chi connectivity index (χ2v) is 5.52. The van der Waals surface area contributed by atoms with Gasteiger partial charge in [-0.1, -0.05) is 0 Å². The second-order valence-electron chi connectivity index (χ2n) is 5.52. The van der Waals surface area contributed by atoms with Gasteiger partial charge in [-0.05, 0) is 30.7 Å². The molecule has 2 rings (SSSR count). The molecule has 1 heterocycles. The lowest BCUT2D eigenvalue weighted by Gasteiger charge is -2.34. The highest BCUT2D eigenvalue weighted by Crippen LogP contribution is 2.10. The molecule has 8 heteroatoms. The summed E-state index contributed by atoms with van der Waals surface area (Å²) in [6.45, 7) is 1.91. The number of carbonyl (C=O) groups is 3. The minimum absolute atomic E-state index is 0.0141. The Labute approximate surface area is 139 Å². The topological polar surface area (TPSA) is 89.9 Å². The summed E-state index contributed by atoms with van der Waals surface area (Å²) in [4.78, 5) is 37.9. The Bertz CT molecular complexity index is 598. The SMILES string of the molecule is O=C(O)CCCNC(=O)N1CCN(C(=O)c2ccc(F)cc2)CC1. The zero-order chi connectivity index (χ0) is 17.5.